The number of nitrogens with zero attached hydrogens (tertiary/aromatic N) is 1. The standard InChI is InChI=1S/C17H19N3S/c18-17(21)13-3-5-14(6-4-13)19-15-7-9-16(10-8-15)20-11-1-2-12-20/h3-10,19H,1-2,11-12H2,(H2,18,21). The highest BCUT2D eigenvalue weighted by atomic mass is 32.1. The van der Waals surface area contributed by atoms with Crippen molar-refractivity contribution >= 4 is 34.3 Å². The summed E-state index contributed by atoms with van der Waals surface area (Å²) in [5.41, 5.74) is 9.91. The number of hydrogen-bond donors (Lipinski definition) is 2. The molecule has 1 fully saturated rings. The van der Waals surface area contributed by atoms with Crippen LogP contribution in [0.25, 0.3) is 0 Å². The van der Waals surface area contributed by atoms with Crippen molar-refractivity contribution < 1.29 is 0 Å². The van der Waals surface area contributed by atoms with E-state index < -0.39 is 0 Å². The van der Waals surface area contributed by atoms with Crippen LogP contribution in [0.15, 0.2) is 48.5 Å². The summed E-state index contributed by atoms with van der Waals surface area (Å²) in [6.45, 7) is 2.35. The summed E-state index contributed by atoms with van der Waals surface area (Å²) < 4.78 is 0. The average molecular weight is 297 g/mol. The quantitative estimate of drug-likeness (QED) is 0.845. The van der Waals surface area contributed by atoms with E-state index in [1.54, 1.807) is 0 Å². The summed E-state index contributed by atoms with van der Waals surface area (Å²) in [5, 5.41) is 3.39. The predicted octanol–water partition coefficient (Wildman–Crippen LogP) is 3.66. The first-order valence-electron chi connectivity index (χ1n) is 7.24. The largest absolute Gasteiger partial charge is 0.389 e. The second kappa shape index (κ2) is 6.14. The minimum atomic E-state index is 0.427. The van der Waals surface area contributed by atoms with Crippen molar-refractivity contribution in [3.8, 4) is 0 Å². The second-order valence-corrected chi connectivity index (χ2v) is 5.75. The lowest BCUT2D eigenvalue weighted by atomic mass is 10.2. The van der Waals surface area contributed by atoms with Gasteiger partial charge in [0.05, 0.1) is 0 Å². The molecule has 3 N–H and O–H groups in total. The third-order valence-corrected chi connectivity index (χ3v) is 4.03. The first kappa shape index (κ1) is 13.9. The molecule has 0 aliphatic carbocycles. The van der Waals surface area contributed by atoms with Crippen molar-refractivity contribution in [3.63, 3.8) is 0 Å². The molecule has 0 spiro atoms. The zero-order valence-corrected chi connectivity index (χ0v) is 12.7. The van der Waals surface area contributed by atoms with Crippen molar-refractivity contribution in [2.24, 2.45) is 5.73 Å². The van der Waals surface area contributed by atoms with Crippen LogP contribution in [-0.4, -0.2) is 18.1 Å². The lowest BCUT2D eigenvalue weighted by Crippen LogP contribution is -2.17. The maximum Gasteiger partial charge on any atom is 0.103 e. The van der Waals surface area contributed by atoms with Gasteiger partial charge >= 0.3 is 0 Å². The lowest BCUT2D eigenvalue weighted by Gasteiger charge is -2.18. The molecule has 0 atom stereocenters. The molecule has 1 aliphatic rings. The molecule has 0 amide bonds. The zero-order chi connectivity index (χ0) is 14.7. The molecule has 0 unspecified atom stereocenters. The van der Waals surface area contributed by atoms with Crippen LogP contribution in [0.5, 0.6) is 0 Å². The van der Waals surface area contributed by atoms with Crippen LogP contribution in [0.2, 0.25) is 0 Å². The summed E-state index contributed by atoms with van der Waals surface area (Å²) in [4.78, 5) is 2.86. The third kappa shape index (κ3) is 3.34. The fourth-order valence-corrected chi connectivity index (χ4v) is 2.75. The van der Waals surface area contributed by atoms with Gasteiger partial charge in [-0.25, -0.2) is 0 Å². The van der Waals surface area contributed by atoms with Gasteiger partial charge in [-0.15, -0.1) is 0 Å². The maximum absolute atomic E-state index is 5.60. The Morgan fingerprint density at radius 3 is 1.95 bits per heavy atom. The van der Waals surface area contributed by atoms with Gasteiger partial charge in [-0.1, -0.05) is 12.2 Å². The first-order chi connectivity index (χ1) is 10.2. The van der Waals surface area contributed by atoms with Crippen LogP contribution in [0, 0.1) is 0 Å². The van der Waals surface area contributed by atoms with Gasteiger partial charge in [0.1, 0.15) is 4.99 Å². The van der Waals surface area contributed by atoms with Gasteiger partial charge in [-0.05, 0) is 61.4 Å². The monoisotopic (exact) mass is 297 g/mol. The Labute approximate surface area is 130 Å². The maximum atomic E-state index is 5.60. The molecule has 0 saturated carbocycles. The molecule has 2 aromatic carbocycles. The smallest absolute Gasteiger partial charge is 0.103 e. The number of nitrogens with one attached hydrogen (secondary N) is 1. The molecule has 1 saturated heterocycles. The van der Waals surface area contributed by atoms with E-state index in [4.69, 9.17) is 18.0 Å². The van der Waals surface area contributed by atoms with Crippen molar-refractivity contribution in [2.45, 2.75) is 12.8 Å². The Kier molecular flexibility index (Phi) is 4.06. The van der Waals surface area contributed by atoms with E-state index in [9.17, 15) is 0 Å². The van der Waals surface area contributed by atoms with E-state index in [0.29, 0.717) is 4.99 Å². The Balaban J connectivity index is 1.68. The molecule has 1 aliphatic heterocycles. The number of thiocarbonyl (C=S) groups is 1. The molecule has 108 valence electrons. The van der Waals surface area contributed by atoms with Gasteiger partial charge in [-0.2, -0.15) is 0 Å². The summed E-state index contributed by atoms with van der Waals surface area (Å²) in [6, 6.07) is 16.4. The average Bonchev–Trinajstić information content (AvgIpc) is 3.03. The molecule has 3 rings (SSSR count). The topological polar surface area (TPSA) is 41.3 Å². The van der Waals surface area contributed by atoms with Crippen molar-refractivity contribution in [3.05, 3.63) is 54.1 Å². The van der Waals surface area contributed by atoms with E-state index in [2.05, 4.69) is 34.5 Å². The summed E-state index contributed by atoms with van der Waals surface area (Å²) >= 11 is 4.95. The van der Waals surface area contributed by atoms with Crippen molar-refractivity contribution in [1.82, 2.24) is 0 Å². The molecule has 2 aromatic rings. The van der Waals surface area contributed by atoms with Crippen LogP contribution in [0.3, 0.4) is 0 Å². The van der Waals surface area contributed by atoms with Crippen LogP contribution in [0.4, 0.5) is 17.1 Å². The number of hydrogen-bond acceptors (Lipinski definition) is 3. The fourth-order valence-electron chi connectivity index (χ4n) is 2.62. The SMILES string of the molecule is NC(=S)c1ccc(Nc2ccc(N3CCCC3)cc2)cc1. The molecule has 4 heteroatoms. The minimum absolute atomic E-state index is 0.427. The van der Waals surface area contributed by atoms with E-state index in [0.717, 1.165) is 16.9 Å². The highest BCUT2D eigenvalue weighted by Gasteiger charge is 2.11. The number of rotatable bonds is 4. The first-order valence-corrected chi connectivity index (χ1v) is 7.65. The molecule has 0 aromatic heterocycles. The summed E-state index contributed by atoms with van der Waals surface area (Å²) in [6.07, 6.45) is 2.60. The van der Waals surface area contributed by atoms with Crippen molar-refractivity contribution in [1.29, 1.82) is 0 Å². The number of benzene rings is 2. The highest BCUT2D eigenvalue weighted by Crippen LogP contribution is 2.24. The van der Waals surface area contributed by atoms with Gasteiger partial charge in [0.15, 0.2) is 0 Å². The van der Waals surface area contributed by atoms with Crippen LogP contribution < -0.4 is 16.0 Å². The van der Waals surface area contributed by atoms with Gasteiger partial charge in [0.25, 0.3) is 0 Å². The highest BCUT2D eigenvalue weighted by molar-refractivity contribution is 7.80. The lowest BCUT2D eigenvalue weighted by molar-refractivity contribution is 0.949. The Hall–Kier alpha value is -2.07. The zero-order valence-electron chi connectivity index (χ0n) is 11.9. The minimum Gasteiger partial charge on any atom is -0.389 e. The Morgan fingerprint density at radius 2 is 1.43 bits per heavy atom. The Bertz CT molecular complexity index is 613. The summed E-state index contributed by atoms with van der Waals surface area (Å²) in [5.74, 6) is 0. The van der Waals surface area contributed by atoms with Gasteiger partial charge in [0, 0.05) is 35.7 Å². The number of anilines is 3. The van der Waals surface area contributed by atoms with Crippen LogP contribution in [0.1, 0.15) is 18.4 Å². The van der Waals surface area contributed by atoms with Crippen LogP contribution >= 0.6 is 12.2 Å². The predicted molar refractivity (Wildman–Crippen MR) is 93.5 cm³/mol. The van der Waals surface area contributed by atoms with E-state index in [1.165, 1.54) is 31.6 Å². The Morgan fingerprint density at radius 1 is 0.905 bits per heavy atom. The second-order valence-electron chi connectivity index (χ2n) is 5.31. The van der Waals surface area contributed by atoms with Crippen LogP contribution in [-0.2, 0) is 0 Å². The van der Waals surface area contributed by atoms with Crippen molar-refractivity contribution in [2.75, 3.05) is 23.3 Å². The molecular weight excluding hydrogens is 278 g/mol. The molecule has 0 bridgehead atoms. The van der Waals surface area contributed by atoms with Gasteiger partial charge in [0.2, 0.25) is 0 Å². The van der Waals surface area contributed by atoms with Gasteiger partial charge < -0.3 is 16.0 Å². The third-order valence-electron chi connectivity index (χ3n) is 3.80. The summed E-state index contributed by atoms with van der Waals surface area (Å²) in [7, 11) is 0. The molecule has 3 nitrogen and oxygen atoms in total. The van der Waals surface area contributed by atoms with Gasteiger partial charge in [-0.3, -0.25) is 0 Å². The fraction of sp³-hybridized carbons (Fsp3) is 0.235. The van der Waals surface area contributed by atoms with E-state index in [1.807, 2.05) is 24.3 Å². The molecular formula is C17H19N3S. The normalized spacial score (nSPS) is 14.2. The van der Waals surface area contributed by atoms with E-state index in [-0.39, 0.29) is 0 Å². The molecule has 21 heavy (non-hydrogen) atoms. The molecule has 1 heterocycles. The number of nitrogens with two attached hydrogens (primary N) is 1. The van der Waals surface area contributed by atoms with E-state index >= 15 is 0 Å². The molecule has 0 radical (unpaired) electrons.